The second-order valence-corrected chi connectivity index (χ2v) is 4.98. The van der Waals surface area contributed by atoms with Gasteiger partial charge >= 0.3 is 0 Å². The summed E-state index contributed by atoms with van der Waals surface area (Å²) in [7, 11) is 0. The van der Waals surface area contributed by atoms with Crippen molar-refractivity contribution in [3.63, 3.8) is 0 Å². The molecule has 0 saturated carbocycles. The number of aryl methyl sites for hydroxylation is 2. The van der Waals surface area contributed by atoms with Gasteiger partial charge in [0, 0.05) is 11.6 Å². The SMILES string of the molecule is Cc1cc(C)cc(Oc2ccnc3c(N)cccc23)c1. The first-order chi connectivity index (χ1) is 9.63. The summed E-state index contributed by atoms with van der Waals surface area (Å²) in [4.78, 5) is 4.31. The Morgan fingerprint density at radius 2 is 1.75 bits per heavy atom. The number of fused-ring (bicyclic) bond motifs is 1. The van der Waals surface area contributed by atoms with Crippen molar-refractivity contribution in [2.75, 3.05) is 5.73 Å². The fraction of sp³-hybridized carbons (Fsp3) is 0.118. The molecule has 3 nitrogen and oxygen atoms in total. The zero-order chi connectivity index (χ0) is 14.1. The highest BCUT2D eigenvalue weighted by Crippen LogP contribution is 2.31. The first kappa shape index (κ1) is 12.5. The van der Waals surface area contributed by atoms with Crippen LogP contribution in [0.5, 0.6) is 11.5 Å². The van der Waals surface area contributed by atoms with Crippen LogP contribution in [0.4, 0.5) is 5.69 Å². The molecule has 0 spiro atoms. The molecule has 0 fully saturated rings. The van der Waals surface area contributed by atoms with Crippen LogP contribution in [-0.2, 0) is 0 Å². The fourth-order valence-corrected chi connectivity index (χ4v) is 2.38. The number of nitrogen functional groups attached to an aromatic ring is 1. The largest absolute Gasteiger partial charge is 0.457 e. The average molecular weight is 264 g/mol. The van der Waals surface area contributed by atoms with Crippen LogP contribution in [0.3, 0.4) is 0 Å². The van der Waals surface area contributed by atoms with Gasteiger partial charge in [0.25, 0.3) is 0 Å². The Morgan fingerprint density at radius 3 is 2.50 bits per heavy atom. The quantitative estimate of drug-likeness (QED) is 0.705. The minimum Gasteiger partial charge on any atom is -0.457 e. The van der Waals surface area contributed by atoms with E-state index in [4.69, 9.17) is 10.5 Å². The maximum atomic E-state index is 6.01. The topological polar surface area (TPSA) is 48.1 Å². The molecule has 0 radical (unpaired) electrons. The van der Waals surface area contributed by atoms with Crippen LogP contribution in [0.15, 0.2) is 48.7 Å². The number of nitrogens with two attached hydrogens (primary N) is 1. The van der Waals surface area contributed by atoms with Crippen molar-refractivity contribution >= 4 is 16.6 Å². The van der Waals surface area contributed by atoms with E-state index in [-0.39, 0.29) is 0 Å². The number of anilines is 1. The van der Waals surface area contributed by atoms with Gasteiger partial charge in [0.1, 0.15) is 11.5 Å². The molecule has 0 bridgehead atoms. The molecule has 100 valence electrons. The third-order valence-electron chi connectivity index (χ3n) is 3.19. The molecule has 0 aliphatic carbocycles. The second kappa shape index (κ2) is 4.85. The monoisotopic (exact) mass is 264 g/mol. The number of para-hydroxylation sites is 1. The van der Waals surface area contributed by atoms with Crippen LogP contribution in [-0.4, -0.2) is 4.98 Å². The minimum absolute atomic E-state index is 0.661. The molecule has 0 unspecified atom stereocenters. The molecule has 0 aliphatic rings. The van der Waals surface area contributed by atoms with Gasteiger partial charge < -0.3 is 10.5 Å². The normalized spacial score (nSPS) is 10.7. The molecule has 0 atom stereocenters. The van der Waals surface area contributed by atoms with Gasteiger partial charge in [-0.1, -0.05) is 12.1 Å². The number of benzene rings is 2. The Bertz CT molecular complexity index is 761. The van der Waals surface area contributed by atoms with Crippen molar-refractivity contribution < 1.29 is 4.74 Å². The highest BCUT2D eigenvalue weighted by atomic mass is 16.5. The lowest BCUT2D eigenvalue weighted by Crippen LogP contribution is -1.92. The summed E-state index contributed by atoms with van der Waals surface area (Å²) < 4.78 is 6.01. The van der Waals surface area contributed by atoms with Crippen LogP contribution in [0.1, 0.15) is 11.1 Å². The Kier molecular flexibility index (Phi) is 3.03. The van der Waals surface area contributed by atoms with E-state index in [2.05, 4.69) is 24.9 Å². The highest BCUT2D eigenvalue weighted by molar-refractivity contribution is 5.93. The lowest BCUT2D eigenvalue weighted by atomic mass is 10.1. The van der Waals surface area contributed by atoms with Crippen LogP contribution in [0.2, 0.25) is 0 Å². The molecule has 2 aromatic carbocycles. The van der Waals surface area contributed by atoms with E-state index in [9.17, 15) is 0 Å². The molecule has 3 rings (SSSR count). The number of nitrogens with zero attached hydrogens (tertiary/aromatic N) is 1. The summed E-state index contributed by atoms with van der Waals surface area (Å²) in [5.41, 5.74) is 9.74. The van der Waals surface area contributed by atoms with E-state index in [0.717, 1.165) is 22.4 Å². The Balaban J connectivity index is 2.09. The molecule has 1 aromatic heterocycles. The van der Waals surface area contributed by atoms with Gasteiger partial charge in [-0.2, -0.15) is 0 Å². The van der Waals surface area contributed by atoms with E-state index in [1.54, 1.807) is 6.20 Å². The van der Waals surface area contributed by atoms with Crippen LogP contribution >= 0.6 is 0 Å². The van der Waals surface area contributed by atoms with Crippen molar-refractivity contribution in [2.45, 2.75) is 13.8 Å². The Labute approximate surface area is 118 Å². The lowest BCUT2D eigenvalue weighted by molar-refractivity contribution is 0.487. The predicted octanol–water partition coefficient (Wildman–Crippen LogP) is 4.23. The van der Waals surface area contributed by atoms with Crippen LogP contribution in [0.25, 0.3) is 10.9 Å². The van der Waals surface area contributed by atoms with Gasteiger partial charge in [-0.15, -0.1) is 0 Å². The summed E-state index contributed by atoms with van der Waals surface area (Å²) in [6, 6.07) is 13.7. The molecular formula is C17H16N2O. The van der Waals surface area contributed by atoms with Crippen molar-refractivity contribution in [1.29, 1.82) is 0 Å². The summed E-state index contributed by atoms with van der Waals surface area (Å²) >= 11 is 0. The smallest absolute Gasteiger partial charge is 0.138 e. The maximum Gasteiger partial charge on any atom is 0.138 e. The van der Waals surface area contributed by atoms with Crippen LogP contribution in [0, 0.1) is 13.8 Å². The van der Waals surface area contributed by atoms with E-state index >= 15 is 0 Å². The molecular weight excluding hydrogens is 248 g/mol. The summed E-state index contributed by atoms with van der Waals surface area (Å²) in [5.74, 6) is 1.60. The zero-order valence-corrected chi connectivity index (χ0v) is 11.6. The van der Waals surface area contributed by atoms with E-state index < -0.39 is 0 Å². The summed E-state index contributed by atoms with van der Waals surface area (Å²) in [6.07, 6.45) is 1.72. The third-order valence-corrected chi connectivity index (χ3v) is 3.19. The van der Waals surface area contributed by atoms with E-state index in [0.29, 0.717) is 5.69 Å². The second-order valence-electron chi connectivity index (χ2n) is 4.98. The predicted molar refractivity (Wildman–Crippen MR) is 82.1 cm³/mol. The first-order valence-electron chi connectivity index (χ1n) is 6.53. The molecule has 0 aliphatic heterocycles. The number of hydrogen-bond donors (Lipinski definition) is 1. The standard InChI is InChI=1S/C17H16N2O/c1-11-8-12(2)10-13(9-11)20-16-6-7-19-17-14(16)4-3-5-15(17)18/h3-10H,18H2,1-2H3. The Morgan fingerprint density at radius 1 is 1.00 bits per heavy atom. The summed E-state index contributed by atoms with van der Waals surface area (Å²) in [5, 5.41) is 0.923. The molecule has 3 aromatic rings. The number of ether oxygens (including phenoxy) is 1. The minimum atomic E-state index is 0.661. The van der Waals surface area contributed by atoms with Crippen LogP contribution < -0.4 is 10.5 Å². The number of pyridine rings is 1. The molecule has 0 amide bonds. The van der Waals surface area contributed by atoms with Crippen molar-refractivity contribution in [3.8, 4) is 11.5 Å². The van der Waals surface area contributed by atoms with Gasteiger partial charge in [-0.3, -0.25) is 4.98 Å². The lowest BCUT2D eigenvalue weighted by Gasteiger charge is -2.10. The summed E-state index contributed by atoms with van der Waals surface area (Å²) in [6.45, 7) is 4.12. The van der Waals surface area contributed by atoms with Gasteiger partial charge in [-0.05, 0) is 55.3 Å². The highest BCUT2D eigenvalue weighted by Gasteiger charge is 2.07. The number of aromatic nitrogens is 1. The van der Waals surface area contributed by atoms with Crippen molar-refractivity contribution in [3.05, 3.63) is 59.8 Å². The van der Waals surface area contributed by atoms with Crippen molar-refractivity contribution in [2.24, 2.45) is 0 Å². The Hall–Kier alpha value is -2.55. The van der Waals surface area contributed by atoms with Gasteiger partial charge in [0.05, 0.1) is 11.2 Å². The number of hydrogen-bond acceptors (Lipinski definition) is 3. The van der Waals surface area contributed by atoms with E-state index in [1.807, 2.05) is 36.4 Å². The first-order valence-corrected chi connectivity index (χ1v) is 6.53. The fourth-order valence-electron chi connectivity index (χ4n) is 2.38. The van der Waals surface area contributed by atoms with Gasteiger partial charge in [-0.25, -0.2) is 0 Å². The third kappa shape index (κ3) is 2.30. The molecule has 2 N–H and O–H groups in total. The molecule has 1 heterocycles. The molecule has 20 heavy (non-hydrogen) atoms. The molecule has 0 saturated heterocycles. The maximum absolute atomic E-state index is 6.01. The average Bonchev–Trinajstić information content (AvgIpc) is 2.39. The van der Waals surface area contributed by atoms with Crippen molar-refractivity contribution in [1.82, 2.24) is 4.98 Å². The van der Waals surface area contributed by atoms with Gasteiger partial charge in [0.2, 0.25) is 0 Å². The molecule has 3 heteroatoms. The van der Waals surface area contributed by atoms with Gasteiger partial charge in [0.15, 0.2) is 0 Å². The number of rotatable bonds is 2. The zero-order valence-electron chi connectivity index (χ0n) is 11.6. The van der Waals surface area contributed by atoms with E-state index in [1.165, 1.54) is 11.1 Å².